The van der Waals surface area contributed by atoms with E-state index >= 15 is 0 Å². The summed E-state index contributed by atoms with van der Waals surface area (Å²) in [5.74, 6) is -0.0755. The molecule has 0 aromatic carbocycles. The monoisotopic (exact) mass is 182 g/mol. The third-order valence-electron chi connectivity index (χ3n) is 2.77. The van der Waals surface area contributed by atoms with Crippen LogP contribution in [0.1, 0.15) is 19.8 Å². The second-order valence-electron chi connectivity index (χ2n) is 3.44. The molecule has 0 heterocycles. The zero-order chi connectivity index (χ0) is 10.1. The highest BCUT2D eigenvalue weighted by Crippen LogP contribution is 2.36. The van der Waals surface area contributed by atoms with Gasteiger partial charge in [0.15, 0.2) is 0 Å². The fourth-order valence-corrected chi connectivity index (χ4v) is 1.79. The Bertz CT molecular complexity index is 239. The van der Waals surface area contributed by atoms with Crippen molar-refractivity contribution < 1.29 is 14.3 Å². The Hall–Kier alpha value is -0.960. The number of methoxy groups -OCH3 is 1. The van der Waals surface area contributed by atoms with Crippen LogP contribution in [0.25, 0.3) is 0 Å². The Morgan fingerprint density at radius 2 is 1.92 bits per heavy atom. The maximum Gasteiger partial charge on any atom is 0.149 e. The summed E-state index contributed by atoms with van der Waals surface area (Å²) in [6.07, 6.45) is 1.70. The van der Waals surface area contributed by atoms with Crippen molar-refractivity contribution in [2.24, 2.45) is 5.41 Å². The number of carbonyl (C=O) groups is 2. The maximum absolute atomic E-state index is 11.5. The standard InChI is InChI=1S/C10H14O3/c1-4-9(13-3)10(2)7(11)5-6-8(10)12/h4,9H,1,5-6H2,2-3H3. The van der Waals surface area contributed by atoms with Gasteiger partial charge in [-0.1, -0.05) is 6.08 Å². The first-order chi connectivity index (χ1) is 6.07. The normalized spacial score (nSPS) is 23.2. The minimum Gasteiger partial charge on any atom is -0.376 e. The summed E-state index contributed by atoms with van der Waals surface area (Å²) >= 11 is 0. The highest BCUT2D eigenvalue weighted by Gasteiger charge is 2.50. The van der Waals surface area contributed by atoms with Gasteiger partial charge in [0, 0.05) is 20.0 Å². The summed E-state index contributed by atoms with van der Waals surface area (Å²) < 4.78 is 5.07. The highest BCUT2D eigenvalue weighted by molar-refractivity contribution is 6.13. The molecule has 0 radical (unpaired) electrons. The van der Waals surface area contributed by atoms with Gasteiger partial charge >= 0.3 is 0 Å². The van der Waals surface area contributed by atoms with Crippen molar-refractivity contribution >= 4 is 11.6 Å². The van der Waals surface area contributed by atoms with Crippen LogP contribution in [0, 0.1) is 5.41 Å². The fourth-order valence-electron chi connectivity index (χ4n) is 1.79. The SMILES string of the molecule is C=CC(OC)C1(C)C(=O)CCC1=O. The van der Waals surface area contributed by atoms with Crippen molar-refractivity contribution in [1.82, 2.24) is 0 Å². The summed E-state index contributed by atoms with van der Waals surface area (Å²) in [6.45, 7) is 5.20. The number of ether oxygens (including phenoxy) is 1. The van der Waals surface area contributed by atoms with E-state index in [1.54, 1.807) is 6.92 Å². The number of ketones is 2. The summed E-state index contributed by atoms with van der Waals surface area (Å²) in [5.41, 5.74) is -0.990. The van der Waals surface area contributed by atoms with Crippen molar-refractivity contribution in [2.75, 3.05) is 7.11 Å². The van der Waals surface area contributed by atoms with Crippen LogP contribution in [-0.2, 0) is 14.3 Å². The Labute approximate surface area is 77.8 Å². The third kappa shape index (κ3) is 1.33. The lowest BCUT2D eigenvalue weighted by Gasteiger charge is -2.27. The molecule has 1 atom stereocenters. The van der Waals surface area contributed by atoms with E-state index in [0.29, 0.717) is 12.8 Å². The van der Waals surface area contributed by atoms with E-state index in [0.717, 1.165) is 0 Å². The zero-order valence-corrected chi connectivity index (χ0v) is 8.00. The van der Waals surface area contributed by atoms with E-state index in [9.17, 15) is 9.59 Å². The van der Waals surface area contributed by atoms with Crippen LogP contribution >= 0.6 is 0 Å². The van der Waals surface area contributed by atoms with Gasteiger partial charge in [-0.05, 0) is 6.92 Å². The molecule has 0 amide bonds. The van der Waals surface area contributed by atoms with Gasteiger partial charge in [-0.15, -0.1) is 6.58 Å². The molecular formula is C10H14O3. The van der Waals surface area contributed by atoms with Crippen LogP contribution in [0.15, 0.2) is 12.7 Å². The van der Waals surface area contributed by atoms with E-state index in [1.807, 2.05) is 0 Å². The Balaban J connectivity index is 3.01. The quantitative estimate of drug-likeness (QED) is 0.485. The first-order valence-electron chi connectivity index (χ1n) is 4.29. The molecule has 1 fully saturated rings. The lowest BCUT2D eigenvalue weighted by atomic mass is 9.80. The van der Waals surface area contributed by atoms with Crippen LogP contribution < -0.4 is 0 Å². The Morgan fingerprint density at radius 1 is 1.46 bits per heavy atom. The molecule has 0 aromatic rings. The van der Waals surface area contributed by atoms with E-state index in [-0.39, 0.29) is 11.6 Å². The number of rotatable bonds is 3. The molecule has 3 heteroatoms. The van der Waals surface area contributed by atoms with Gasteiger partial charge in [0.25, 0.3) is 0 Å². The van der Waals surface area contributed by atoms with Crippen molar-refractivity contribution in [1.29, 1.82) is 0 Å². The van der Waals surface area contributed by atoms with Gasteiger partial charge < -0.3 is 4.74 Å². The second-order valence-corrected chi connectivity index (χ2v) is 3.44. The predicted molar refractivity (Wildman–Crippen MR) is 48.3 cm³/mol. The topological polar surface area (TPSA) is 43.4 Å². The Morgan fingerprint density at radius 3 is 2.23 bits per heavy atom. The first-order valence-corrected chi connectivity index (χ1v) is 4.29. The van der Waals surface area contributed by atoms with Crippen molar-refractivity contribution in [3.05, 3.63) is 12.7 Å². The summed E-state index contributed by atoms with van der Waals surface area (Å²) in [6, 6.07) is 0. The van der Waals surface area contributed by atoms with E-state index < -0.39 is 11.5 Å². The van der Waals surface area contributed by atoms with E-state index in [4.69, 9.17) is 4.74 Å². The molecular weight excluding hydrogens is 168 g/mol. The summed E-state index contributed by atoms with van der Waals surface area (Å²) in [4.78, 5) is 23.0. The molecule has 13 heavy (non-hydrogen) atoms. The van der Waals surface area contributed by atoms with Gasteiger partial charge in [-0.25, -0.2) is 0 Å². The molecule has 0 aliphatic heterocycles. The number of hydrogen-bond donors (Lipinski definition) is 0. The molecule has 0 bridgehead atoms. The molecule has 1 saturated carbocycles. The van der Waals surface area contributed by atoms with Crippen LogP contribution in [0.5, 0.6) is 0 Å². The third-order valence-corrected chi connectivity index (χ3v) is 2.77. The minimum atomic E-state index is -0.990. The first kappa shape index (κ1) is 10.1. The number of Topliss-reactive ketones (excluding diaryl/α,β-unsaturated/α-hetero) is 2. The van der Waals surface area contributed by atoms with Crippen LogP contribution in [-0.4, -0.2) is 24.8 Å². The van der Waals surface area contributed by atoms with Gasteiger partial charge in [-0.3, -0.25) is 9.59 Å². The molecule has 1 rings (SSSR count). The largest absolute Gasteiger partial charge is 0.376 e. The van der Waals surface area contributed by atoms with Crippen molar-refractivity contribution in [2.45, 2.75) is 25.9 Å². The van der Waals surface area contributed by atoms with Gasteiger partial charge in [0.05, 0.1) is 6.10 Å². The van der Waals surface area contributed by atoms with Gasteiger partial charge in [-0.2, -0.15) is 0 Å². The van der Waals surface area contributed by atoms with Crippen molar-refractivity contribution in [3.63, 3.8) is 0 Å². The van der Waals surface area contributed by atoms with E-state index in [2.05, 4.69) is 6.58 Å². The fraction of sp³-hybridized carbons (Fsp3) is 0.600. The molecule has 72 valence electrons. The van der Waals surface area contributed by atoms with Gasteiger partial charge in [0.1, 0.15) is 17.0 Å². The Kier molecular flexibility index (Phi) is 2.66. The molecule has 0 aromatic heterocycles. The van der Waals surface area contributed by atoms with E-state index in [1.165, 1.54) is 13.2 Å². The maximum atomic E-state index is 11.5. The molecule has 3 nitrogen and oxygen atoms in total. The lowest BCUT2D eigenvalue weighted by molar-refractivity contribution is -0.140. The lowest BCUT2D eigenvalue weighted by Crippen LogP contribution is -2.41. The summed E-state index contributed by atoms with van der Waals surface area (Å²) in [7, 11) is 1.48. The smallest absolute Gasteiger partial charge is 0.149 e. The van der Waals surface area contributed by atoms with Crippen LogP contribution in [0.3, 0.4) is 0 Å². The highest BCUT2D eigenvalue weighted by atomic mass is 16.5. The number of hydrogen-bond acceptors (Lipinski definition) is 3. The minimum absolute atomic E-state index is 0.0377. The molecule has 0 spiro atoms. The van der Waals surface area contributed by atoms with Crippen LogP contribution in [0.4, 0.5) is 0 Å². The summed E-state index contributed by atoms with van der Waals surface area (Å²) in [5, 5.41) is 0. The van der Waals surface area contributed by atoms with Crippen LogP contribution in [0.2, 0.25) is 0 Å². The molecule has 1 unspecified atom stereocenters. The molecule has 1 aliphatic carbocycles. The predicted octanol–water partition coefficient (Wildman–Crippen LogP) is 1.13. The average Bonchev–Trinajstić information content (AvgIpc) is 2.36. The average molecular weight is 182 g/mol. The van der Waals surface area contributed by atoms with Gasteiger partial charge in [0.2, 0.25) is 0 Å². The second kappa shape index (κ2) is 3.42. The molecule has 0 N–H and O–H groups in total. The zero-order valence-electron chi connectivity index (χ0n) is 8.00. The van der Waals surface area contributed by atoms with Crippen molar-refractivity contribution in [3.8, 4) is 0 Å². The molecule has 0 saturated heterocycles. The molecule has 1 aliphatic rings. The number of carbonyl (C=O) groups excluding carboxylic acids is 2.